The van der Waals surface area contributed by atoms with Gasteiger partial charge in [0, 0.05) is 17.3 Å². The number of rotatable bonds is 6. The molecule has 4 nitrogen and oxygen atoms in total. The molecule has 3 heterocycles. The number of fused-ring (bicyclic) bond motifs is 1. The Morgan fingerprint density at radius 3 is 2.92 bits per heavy atom. The summed E-state index contributed by atoms with van der Waals surface area (Å²) >= 11 is 1.73. The molecule has 2 aliphatic rings. The molecule has 0 radical (unpaired) electrons. The molecule has 2 fully saturated rings. The topological polar surface area (TPSA) is 45.2 Å². The van der Waals surface area contributed by atoms with Crippen molar-refractivity contribution in [3.8, 4) is 0 Å². The molecule has 0 bridgehead atoms. The fourth-order valence-corrected chi connectivity index (χ4v) is 5.25. The normalized spacial score (nSPS) is 24.6. The number of nitrogens with one attached hydrogen (secondary N) is 1. The molecule has 0 aliphatic carbocycles. The maximum absolute atomic E-state index is 12.3. The lowest BCUT2D eigenvalue weighted by Crippen LogP contribution is -2.48. The van der Waals surface area contributed by atoms with E-state index in [1.54, 1.807) is 11.3 Å². The molecule has 1 aromatic heterocycles. The van der Waals surface area contributed by atoms with Crippen LogP contribution in [0.25, 0.3) is 0 Å². The van der Waals surface area contributed by atoms with Crippen LogP contribution in [-0.4, -0.2) is 34.9 Å². The second-order valence-corrected chi connectivity index (χ2v) is 8.45. The number of thiazole rings is 1. The molecule has 24 heavy (non-hydrogen) atoms. The first-order valence-electron chi connectivity index (χ1n) is 9.63. The largest absolute Gasteiger partial charge is 0.351 e. The Morgan fingerprint density at radius 2 is 2.12 bits per heavy atom. The van der Waals surface area contributed by atoms with Gasteiger partial charge in [-0.3, -0.25) is 4.79 Å². The van der Waals surface area contributed by atoms with Crippen molar-refractivity contribution in [2.24, 2.45) is 5.92 Å². The van der Waals surface area contributed by atoms with Crippen LogP contribution in [-0.2, 0) is 17.8 Å². The second-order valence-electron chi connectivity index (χ2n) is 7.29. The molecule has 3 rings (SSSR count). The number of amides is 1. The molecule has 0 spiro atoms. The third-order valence-electron chi connectivity index (χ3n) is 5.66. The van der Waals surface area contributed by atoms with Gasteiger partial charge in [-0.2, -0.15) is 0 Å². The maximum Gasteiger partial charge on any atom is 0.220 e. The zero-order valence-electron chi connectivity index (χ0n) is 15.1. The predicted octanol–water partition coefficient (Wildman–Crippen LogP) is 3.67. The SMILES string of the molecule is CCc1nc(C)c(CNC(=O)CC[C@@H]2CCCN3CCCC[C@H]23)s1. The minimum atomic E-state index is 0.203. The Hall–Kier alpha value is -0.940. The molecular formula is C19H31N3OS. The van der Waals surface area contributed by atoms with E-state index in [-0.39, 0.29) is 5.91 Å². The van der Waals surface area contributed by atoms with E-state index in [0.29, 0.717) is 13.0 Å². The predicted molar refractivity (Wildman–Crippen MR) is 99.2 cm³/mol. The van der Waals surface area contributed by atoms with Crippen LogP contribution in [0.5, 0.6) is 0 Å². The minimum absolute atomic E-state index is 0.203. The van der Waals surface area contributed by atoms with Crippen LogP contribution in [0.2, 0.25) is 0 Å². The summed E-state index contributed by atoms with van der Waals surface area (Å²) in [5.74, 6) is 0.926. The molecule has 1 N–H and O–H groups in total. The van der Waals surface area contributed by atoms with E-state index < -0.39 is 0 Å². The lowest BCUT2D eigenvalue weighted by atomic mass is 9.81. The van der Waals surface area contributed by atoms with Gasteiger partial charge in [-0.15, -0.1) is 11.3 Å². The highest BCUT2D eigenvalue weighted by Crippen LogP contribution is 2.33. The molecule has 2 aliphatic heterocycles. The Balaban J connectivity index is 1.44. The maximum atomic E-state index is 12.3. The summed E-state index contributed by atoms with van der Waals surface area (Å²) in [6.45, 7) is 7.36. The molecule has 2 saturated heterocycles. The second kappa shape index (κ2) is 8.43. The van der Waals surface area contributed by atoms with Crippen LogP contribution in [0, 0.1) is 12.8 Å². The summed E-state index contributed by atoms with van der Waals surface area (Å²) < 4.78 is 0. The van der Waals surface area contributed by atoms with Crippen LogP contribution < -0.4 is 5.32 Å². The quantitative estimate of drug-likeness (QED) is 0.852. The number of carbonyl (C=O) groups excluding carboxylic acids is 1. The average molecular weight is 350 g/mol. The van der Waals surface area contributed by atoms with Crippen molar-refractivity contribution in [3.05, 3.63) is 15.6 Å². The van der Waals surface area contributed by atoms with Gasteiger partial charge in [0.15, 0.2) is 0 Å². The zero-order chi connectivity index (χ0) is 16.9. The molecule has 1 aromatic rings. The fourth-order valence-electron chi connectivity index (χ4n) is 4.30. The van der Waals surface area contributed by atoms with E-state index in [9.17, 15) is 4.79 Å². The summed E-state index contributed by atoms with van der Waals surface area (Å²) in [5, 5.41) is 4.27. The van der Waals surface area contributed by atoms with Crippen molar-refractivity contribution >= 4 is 17.2 Å². The molecule has 0 saturated carbocycles. The van der Waals surface area contributed by atoms with E-state index in [0.717, 1.165) is 35.5 Å². The van der Waals surface area contributed by atoms with E-state index in [2.05, 4.69) is 22.1 Å². The van der Waals surface area contributed by atoms with Gasteiger partial charge in [0.2, 0.25) is 5.91 Å². The Kier molecular flexibility index (Phi) is 6.28. The minimum Gasteiger partial charge on any atom is -0.351 e. The number of aromatic nitrogens is 1. The summed E-state index contributed by atoms with van der Waals surface area (Å²) in [6, 6.07) is 0.746. The highest BCUT2D eigenvalue weighted by atomic mass is 32.1. The lowest BCUT2D eigenvalue weighted by molar-refractivity contribution is -0.121. The van der Waals surface area contributed by atoms with Gasteiger partial charge in [-0.1, -0.05) is 13.3 Å². The van der Waals surface area contributed by atoms with E-state index in [1.165, 1.54) is 50.1 Å². The van der Waals surface area contributed by atoms with Crippen molar-refractivity contribution in [3.63, 3.8) is 0 Å². The number of hydrogen-bond acceptors (Lipinski definition) is 4. The molecule has 1 amide bonds. The van der Waals surface area contributed by atoms with Crippen LogP contribution in [0.15, 0.2) is 0 Å². The summed E-state index contributed by atoms with van der Waals surface area (Å²) in [4.78, 5) is 20.7. The average Bonchev–Trinajstić information content (AvgIpc) is 2.98. The van der Waals surface area contributed by atoms with E-state index in [4.69, 9.17) is 0 Å². The third kappa shape index (κ3) is 4.37. The Bertz CT molecular complexity index is 555. The van der Waals surface area contributed by atoms with Gasteiger partial charge in [0.1, 0.15) is 0 Å². The highest BCUT2D eigenvalue weighted by molar-refractivity contribution is 7.11. The van der Waals surface area contributed by atoms with Gasteiger partial charge in [0.25, 0.3) is 0 Å². The van der Waals surface area contributed by atoms with Gasteiger partial charge >= 0.3 is 0 Å². The molecule has 2 atom stereocenters. The monoisotopic (exact) mass is 349 g/mol. The lowest BCUT2D eigenvalue weighted by Gasteiger charge is -2.44. The van der Waals surface area contributed by atoms with Crippen molar-refractivity contribution in [2.75, 3.05) is 13.1 Å². The molecular weight excluding hydrogens is 318 g/mol. The first kappa shape index (κ1) is 17.9. The first-order chi connectivity index (χ1) is 11.7. The van der Waals surface area contributed by atoms with Gasteiger partial charge in [-0.25, -0.2) is 4.98 Å². The highest BCUT2D eigenvalue weighted by Gasteiger charge is 2.32. The standard InChI is InChI=1S/C19H31N3OS/c1-3-19-21-14(2)17(24-19)13-20-18(23)10-9-15-7-6-12-22-11-5-4-8-16(15)22/h15-16H,3-13H2,1-2H3,(H,20,23)/t15-,16+/m0/s1. The first-order valence-corrected chi connectivity index (χ1v) is 10.4. The van der Waals surface area contributed by atoms with E-state index in [1.807, 2.05) is 6.92 Å². The summed E-state index contributed by atoms with van der Waals surface area (Å²) in [7, 11) is 0. The summed E-state index contributed by atoms with van der Waals surface area (Å²) in [6.07, 6.45) is 9.38. The van der Waals surface area contributed by atoms with Gasteiger partial charge in [0.05, 0.1) is 17.2 Å². The third-order valence-corrected chi connectivity index (χ3v) is 6.96. The number of piperidine rings is 2. The number of nitrogens with zero attached hydrogens (tertiary/aromatic N) is 2. The molecule has 0 unspecified atom stereocenters. The number of aryl methyl sites for hydroxylation is 2. The van der Waals surface area contributed by atoms with Crippen LogP contribution >= 0.6 is 11.3 Å². The zero-order valence-corrected chi connectivity index (χ0v) is 16.0. The van der Waals surface area contributed by atoms with Crippen LogP contribution in [0.4, 0.5) is 0 Å². The molecule has 5 heteroatoms. The van der Waals surface area contributed by atoms with Crippen LogP contribution in [0.1, 0.15) is 67.4 Å². The van der Waals surface area contributed by atoms with Crippen molar-refractivity contribution < 1.29 is 4.79 Å². The number of carbonyl (C=O) groups is 1. The van der Waals surface area contributed by atoms with Gasteiger partial charge < -0.3 is 10.2 Å². The van der Waals surface area contributed by atoms with E-state index >= 15 is 0 Å². The van der Waals surface area contributed by atoms with Crippen LogP contribution in [0.3, 0.4) is 0 Å². The molecule has 0 aromatic carbocycles. The number of hydrogen-bond donors (Lipinski definition) is 1. The Morgan fingerprint density at radius 1 is 1.29 bits per heavy atom. The van der Waals surface area contributed by atoms with Crippen molar-refractivity contribution in [1.29, 1.82) is 0 Å². The smallest absolute Gasteiger partial charge is 0.220 e. The summed E-state index contributed by atoms with van der Waals surface area (Å²) in [5.41, 5.74) is 1.07. The van der Waals surface area contributed by atoms with Crippen molar-refractivity contribution in [1.82, 2.24) is 15.2 Å². The van der Waals surface area contributed by atoms with Gasteiger partial charge in [-0.05, 0) is 64.5 Å². The van der Waals surface area contributed by atoms with Crippen molar-refractivity contribution in [2.45, 2.75) is 77.8 Å². The Labute approximate surface area is 150 Å². The fraction of sp³-hybridized carbons (Fsp3) is 0.789. The molecule has 134 valence electrons.